The van der Waals surface area contributed by atoms with E-state index in [-0.39, 0.29) is 0 Å². The highest BCUT2D eigenvalue weighted by molar-refractivity contribution is 5.81. The lowest BCUT2D eigenvalue weighted by Crippen LogP contribution is -2.38. The van der Waals surface area contributed by atoms with Gasteiger partial charge in [0.2, 0.25) is 11.4 Å². The van der Waals surface area contributed by atoms with Crippen LogP contribution in [0.25, 0.3) is 27.0 Å². The van der Waals surface area contributed by atoms with E-state index in [0.29, 0.717) is 5.69 Å². The van der Waals surface area contributed by atoms with Gasteiger partial charge in [0.25, 0.3) is 0 Å². The van der Waals surface area contributed by atoms with Gasteiger partial charge in [-0.05, 0) is 18.4 Å². The molecule has 3 nitrogen and oxygen atoms in total. The maximum absolute atomic E-state index is 7.58. The minimum absolute atomic E-state index is 0.640. The number of hydrogen-bond donors (Lipinski definition) is 0. The molecule has 3 heteroatoms. The third-order valence-corrected chi connectivity index (χ3v) is 5.06. The monoisotopic (exact) mass is 351 g/mol. The minimum Gasteiger partial charge on any atom is -0.238 e. The molecule has 0 bridgehead atoms. The standard InChI is InChI=1S/C24H21N3/c1-17-9-7-8-12-26(17)23-14-22(25-4)15-24(19(23)3)27-16-21-11-6-5-10-20(21)13-18(27)2/h5-16H,1-3H3/q+2. The van der Waals surface area contributed by atoms with Crippen LogP contribution in [0.4, 0.5) is 5.69 Å². The van der Waals surface area contributed by atoms with Crippen LogP contribution in [-0.4, -0.2) is 0 Å². The smallest absolute Gasteiger partial charge is 0.210 e. The Balaban J connectivity index is 2.02. The fraction of sp³-hybridized carbons (Fsp3) is 0.125. The van der Waals surface area contributed by atoms with Gasteiger partial charge in [0, 0.05) is 49.6 Å². The Labute approximate surface area is 159 Å². The fourth-order valence-electron chi connectivity index (χ4n) is 3.59. The van der Waals surface area contributed by atoms with Crippen LogP contribution < -0.4 is 9.13 Å². The van der Waals surface area contributed by atoms with Crippen molar-refractivity contribution in [1.29, 1.82) is 0 Å². The number of aryl methyl sites for hydroxylation is 2. The quantitative estimate of drug-likeness (QED) is 0.361. The predicted octanol–water partition coefficient (Wildman–Crippen LogP) is 4.87. The van der Waals surface area contributed by atoms with E-state index in [1.165, 1.54) is 10.8 Å². The molecule has 2 aromatic carbocycles. The maximum atomic E-state index is 7.58. The lowest BCUT2D eigenvalue weighted by atomic mass is 10.1. The van der Waals surface area contributed by atoms with Crippen LogP contribution in [0.15, 0.2) is 73.1 Å². The number of fused-ring (bicyclic) bond motifs is 1. The van der Waals surface area contributed by atoms with Crippen molar-refractivity contribution < 1.29 is 9.13 Å². The minimum atomic E-state index is 0.640. The molecule has 130 valence electrons. The van der Waals surface area contributed by atoms with Gasteiger partial charge < -0.3 is 0 Å². The lowest BCUT2D eigenvalue weighted by molar-refractivity contribution is -0.611. The highest BCUT2D eigenvalue weighted by Gasteiger charge is 2.24. The average molecular weight is 351 g/mol. The van der Waals surface area contributed by atoms with Crippen molar-refractivity contribution in [3.8, 4) is 11.4 Å². The summed E-state index contributed by atoms with van der Waals surface area (Å²) in [5, 5.41) is 2.40. The molecule has 0 fully saturated rings. The molecule has 2 aromatic heterocycles. The fourth-order valence-corrected chi connectivity index (χ4v) is 3.59. The summed E-state index contributed by atoms with van der Waals surface area (Å²) < 4.78 is 4.33. The number of hydrogen-bond acceptors (Lipinski definition) is 0. The molecule has 0 saturated carbocycles. The Kier molecular flexibility index (Phi) is 4.18. The van der Waals surface area contributed by atoms with Gasteiger partial charge in [-0.3, -0.25) is 0 Å². The molecule has 0 aliphatic heterocycles. The zero-order valence-electron chi connectivity index (χ0n) is 15.8. The lowest BCUT2D eigenvalue weighted by Gasteiger charge is -2.08. The van der Waals surface area contributed by atoms with E-state index in [9.17, 15) is 0 Å². The molecular formula is C24H21N3+2. The summed E-state index contributed by atoms with van der Waals surface area (Å²) in [6.07, 6.45) is 4.21. The Morgan fingerprint density at radius 1 is 0.741 bits per heavy atom. The van der Waals surface area contributed by atoms with Crippen molar-refractivity contribution in [2.75, 3.05) is 0 Å². The molecule has 0 spiro atoms. The van der Waals surface area contributed by atoms with Crippen LogP contribution in [0.2, 0.25) is 0 Å². The molecule has 0 unspecified atom stereocenters. The van der Waals surface area contributed by atoms with Crippen LogP contribution >= 0.6 is 0 Å². The van der Waals surface area contributed by atoms with Crippen LogP contribution in [0.3, 0.4) is 0 Å². The van der Waals surface area contributed by atoms with E-state index in [1.54, 1.807) is 0 Å². The molecule has 0 amide bonds. The second-order valence-electron chi connectivity index (χ2n) is 6.85. The predicted molar refractivity (Wildman–Crippen MR) is 107 cm³/mol. The molecule has 0 saturated heterocycles. The normalized spacial score (nSPS) is 10.7. The summed E-state index contributed by atoms with van der Waals surface area (Å²) in [6.45, 7) is 13.9. The molecule has 27 heavy (non-hydrogen) atoms. The average Bonchev–Trinajstić information content (AvgIpc) is 2.68. The second kappa shape index (κ2) is 6.66. The Morgan fingerprint density at radius 2 is 1.41 bits per heavy atom. The van der Waals surface area contributed by atoms with Crippen LogP contribution in [-0.2, 0) is 0 Å². The first-order valence-corrected chi connectivity index (χ1v) is 8.99. The summed E-state index contributed by atoms with van der Waals surface area (Å²) >= 11 is 0. The Morgan fingerprint density at radius 3 is 2.11 bits per heavy atom. The van der Waals surface area contributed by atoms with Gasteiger partial charge in [0.15, 0.2) is 29.5 Å². The van der Waals surface area contributed by atoms with Crippen LogP contribution in [0.1, 0.15) is 17.0 Å². The van der Waals surface area contributed by atoms with Gasteiger partial charge >= 0.3 is 0 Å². The second-order valence-corrected chi connectivity index (χ2v) is 6.85. The highest BCUT2D eigenvalue weighted by Crippen LogP contribution is 2.24. The highest BCUT2D eigenvalue weighted by atomic mass is 15.0. The van der Waals surface area contributed by atoms with E-state index >= 15 is 0 Å². The van der Waals surface area contributed by atoms with Gasteiger partial charge in [-0.1, -0.05) is 24.3 Å². The maximum Gasteiger partial charge on any atom is 0.210 e. The Hall–Kier alpha value is -3.51. The van der Waals surface area contributed by atoms with E-state index in [0.717, 1.165) is 28.3 Å². The van der Waals surface area contributed by atoms with Gasteiger partial charge in [0.1, 0.15) is 0 Å². The van der Waals surface area contributed by atoms with Gasteiger partial charge in [-0.2, -0.15) is 9.13 Å². The summed E-state index contributed by atoms with van der Waals surface area (Å²) in [7, 11) is 0. The zero-order chi connectivity index (χ0) is 19.0. The molecular weight excluding hydrogens is 330 g/mol. The Bertz CT molecular complexity index is 1220. The van der Waals surface area contributed by atoms with E-state index in [4.69, 9.17) is 6.57 Å². The van der Waals surface area contributed by atoms with Crippen LogP contribution in [0.5, 0.6) is 0 Å². The number of rotatable bonds is 2. The van der Waals surface area contributed by atoms with Crippen molar-refractivity contribution in [3.63, 3.8) is 0 Å². The van der Waals surface area contributed by atoms with Gasteiger partial charge in [-0.25, -0.2) is 4.85 Å². The van der Waals surface area contributed by atoms with Crippen LogP contribution in [0, 0.1) is 27.3 Å². The summed E-state index contributed by atoms with van der Waals surface area (Å²) in [5.41, 5.74) is 6.13. The number of benzene rings is 2. The van der Waals surface area contributed by atoms with Crippen molar-refractivity contribution in [2.24, 2.45) is 0 Å². The van der Waals surface area contributed by atoms with Crippen molar-refractivity contribution >= 4 is 16.5 Å². The molecule has 2 heterocycles. The molecule has 0 N–H and O–H groups in total. The first kappa shape index (κ1) is 16.9. The largest absolute Gasteiger partial charge is 0.238 e. The topological polar surface area (TPSA) is 12.1 Å². The van der Waals surface area contributed by atoms with Crippen molar-refractivity contribution in [1.82, 2.24) is 0 Å². The SMILES string of the molecule is [C-]#[N+]c1cc(-[n+]2ccccc2C)c(C)c(-[n+]2cc3ccccc3cc2C)c1. The van der Waals surface area contributed by atoms with E-state index < -0.39 is 0 Å². The first-order chi connectivity index (χ1) is 13.1. The van der Waals surface area contributed by atoms with Gasteiger partial charge in [-0.15, -0.1) is 0 Å². The van der Waals surface area contributed by atoms with Gasteiger partial charge in [0.05, 0.1) is 12.1 Å². The summed E-state index contributed by atoms with van der Waals surface area (Å²) in [5.74, 6) is 0. The molecule has 0 atom stereocenters. The third-order valence-electron chi connectivity index (χ3n) is 5.06. The molecule has 0 aliphatic rings. The summed E-state index contributed by atoms with van der Waals surface area (Å²) in [4.78, 5) is 3.73. The van der Waals surface area contributed by atoms with E-state index in [1.807, 2.05) is 30.5 Å². The summed E-state index contributed by atoms with van der Waals surface area (Å²) in [6, 6.07) is 20.6. The molecule has 4 aromatic rings. The molecule has 0 aliphatic carbocycles. The number of aromatic nitrogens is 2. The molecule has 0 radical (unpaired) electrons. The van der Waals surface area contributed by atoms with E-state index in [2.05, 4.69) is 77.3 Å². The number of nitrogens with zero attached hydrogens (tertiary/aromatic N) is 3. The molecule has 4 rings (SSSR count). The van der Waals surface area contributed by atoms with Crippen molar-refractivity contribution in [3.05, 3.63) is 101 Å². The van der Waals surface area contributed by atoms with Crippen molar-refractivity contribution in [2.45, 2.75) is 20.8 Å². The first-order valence-electron chi connectivity index (χ1n) is 8.99. The third kappa shape index (κ3) is 2.96. The number of pyridine rings is 2. The zero-order valence-corrected chi connectivity index (χ0v) is 15.8.